The number of imide groups is 1. The van der Waals surface area contributed by atoms with Crippen LogP contribution < -0.4 is 10.6 Å². The Morgan fingerprint density at radius 3 is 2.57 bits per heavy atom. The van der Waals surface area contributed by atoms with Gasteiger partial charge in [-0.25, -0.2) is 4.79 Å². The van der Waals surface area contributed by atoms with E-state index in [4.69, 9.17) is 0 Å². The molecule has 3 N–H and O–H groups in total. The maximum atomic E-state index is 12.4. The lowest BCUT2D eigenvalue weighted by molar-refractivity contribution is -0.111. The summed E-state index contributed by atoms with van der Waals surface area (Å²) >= 11 is 0. The average molecular weight is 402 g/mol. The molecule has 0 saturated carbocycles. The number of aromatic amines is 1. The first-order chi connectivity index (χ1) is 14.6. The smallest absolute Gasteiger partial charge is 0.314 e. The maximum Gasteiger partial charge on any atom is 0.324 e. The Morgan fingerprint density at radius 2 is 1.80 bits per heavy atom. The summed E-state index contributed by atoms with van der Waals surface area (Å²) in [6.45, 7) is 0.488. The van der Waals surface area contributed by atoms with Gasteiger partial charge in [0, 0.05) is 29.6 Å². The van der Waals surface area contributed by atoms with Crippen LogP contribution in [0.4, 0.5) is 10.6 Å². The molecule has 0 radical (unpaired) electrons. The topological polar surface area (TPSA) is 120 Å². The molecule has 0 atom stereocenters. The molecule has 1 aromatic carbocycles. The highest BCUT2D eigenvalue weighted by molar-refractivity contribution is 6.04. The first-order valence-electron chi connectivity index (χ1n) is 9.20. The van der Waals surface area contributed by atoms with E-state index in [-0.39, 0.29) is 19.0 Å². The van der Waals surface area contributed by atoms with Gasteiger partial charge in [-0.2, -0.15) is 5.10 Å². The number of carbonyl (C=O) groups excluding carboxylic acids is 3. The van der Waals surface area contributed by atoms with Gasteiger partial charge in [-0.05, 0) is 35.9 Å². The van der Waals surface area contributed by atoms with Crippen LogP contribution in [0.15, 0.2) is 60.9 Å². The average Bonchev–Trinajstić information content (AvgIpc) is 3.36. The minimum absolute atomic E-state index is 0.226. The zero-order valence-electron chi connectivity index (χ0n) is 15.8. The molecule has 0 aliphatic carbocycles. The highest BCUT2D eigenvalue weighted by atomic mass is 16.2. The van der Waals surface area contributed by atoms with Crippen LogP contribution in [0.3, 0.4) is 0 Å². The third-order valence-electron chi connectivity index (χ3n) is 4.57. The van der Waals surface area contributed by atoms with Gasteiger partial charge in [-0.15, -0.1) is 0 Å². The fraction of sp³-hybridized carbons (Fsp3) is 0.0952. The number of carbonyl (C=O) groups is 3. The third-order valence-corrected chi connectivity index (χ3v) is 4.57. The molecule has 4 amide bonds. The Bertz CT molecular complexity index is 1110. The highest BCUT2D eigenvalue weighted by Crippen LogP contribution is 2.27. The molecule has 30 heavy (non-hydrogen) atoms. The van der Waals surface area contributed by atoms with Crippen molar-refractivity contribution in [3.63, 3.8) is 0 Å². The minimum atomic E-state index is -0.511. The van der Waals surface area contributed by atoms with Crippen molar-refractivity contribution in [2.24, 2.45) is 0 Å². The largest absolute Gasteiger partial charge is 0.324 e. The van der Waals surface area contributed by atoms with Crippen molar-refractivity contribution in [2.45, 2.75) is 13.1 Å². The molecular weight excluding hydrogens is 384 g/mol. The van der Waals surface area contributed by atoms with Gasteiger partial charge >= 0.3 is 6.03 Å². The Labute approximate surface area is 171 Å². The van der Waals surface area contributed by atoms with E-state index in [1.807, 2.05) is 0 Å². The highest BCUT2D eigenvalue weighted by Gasteiger charge is 2.29. The van der Waals surface area contributed by atoms with Gasteiger partial charge in [0.2, 0.25) is 5.91 Å². The molecule has 0 saturated heterocycles. The van der Waals surface area contributed by atoms with Crippen molar-refractivity contribution in [1.82, 2.24) is 25.4 Å². The molecule has 0 fully saturated rings. The molecular formula is C21H18N6O3. The van der Waals surface area contributed by atoms with Gasteiger partial charge in [0.25, 0.3) is 5.91 Å². The van der Waals surface area contributed by atoms with E-state index >= 15 is 0 Å². The third kappa shape index (κ3) is 4.25. The van der Waals surface area contributed by atoms with Crippen LogP contribution in [0, 0.1) is 0 Å². The van der Waals surface area contributed by atoms with Crippen molar-refractivity contribution in [3.8, 4) is 0 Å². The van der Waals surface area contributed by atoms with Gasteiger partial charge in [0.15, 0.2) is 5.82 Å². The molecule has 1 aliphatic rings. The van der Waals surface area contributed by atoms with Crippen LogP contribution in [0.25, 0.3) is 6.08 Å². The van der Waals surface area contributed by atoms with Crippen LogP contribution >= 0.6 is 0 Å². The van der Waals surface area contributed by atoms with E-state index in [0.717, 1.165) is 5.56 Å². The SMILES string of the molecule is O=C(/C=C/c1ccncc1)Nc1n[nH]c2c1CN(C(=O)NC(=O)c1ccccc1)C2. The Hall–Kier alpha value is -4.27. The number of urea groups is 1. The van der Waals surface area contributed by atoms with E-state index in [0.29, 0.717) is 22.6 Å². The number of anilines is 1. The first kappa shape index (κ1) is 19.1. The summed E-state index contributed by atoms with van der Waals surface area (Å²) < 4.78 is 0. The van der Waals surface area contributed by atoms with E-state index in [1.54, 1.807) is 60.9 Å². The first-order valence-corrected chi connectivity index (χ1v) is 9.20. The van der Waals surface area contributed by atoms with Gasteiger partial charge in [0.1, 0.15) is 0 Å². The van der Waals surface area contributed by atoms with Gasteiger partial charge in [-0.1, -0.05) is 18.2 Å². The molecule has 4 rings (SSSR count). The van der Waals surface area contributed by atoms with Crippen molar-refractivity contribution >= 4 is 29.7 Å². The number of H-pyrrole nitrogens is 1. The lowest BCUT2D eigenvalue weighted by atomic mass is 10.2. The molecule has 9 nitrogen and oxygen atoms in total. The minimum Gasteiger partial charge on any atom is -0.314 e. The molecule has 3 aromatic rings. The second-order valence-corrected chi connectivity index (χ2v) is 6.61. The van der Waals surface area contributed by atoms with Crippen LogP contribution in [0.1, 0.15) is 27.2 Å². The number of nitrogens with zero attached hydrogens (tertiary/aromatic N) is 3. The summed E-state index contributed by atoms with van der Waals surface area (Å²) in [6.07, 6.45) is 6.34. The molecule has 0 spiro atoms. The predicted octanol–water partition coefficient (Wildman–Crippen LogP) is 2.32. The molecule has 1 aliphatic heterocycles. The normalized spacial score (nSPS) is 12.6. The Balaban J connectivity index is 1.36. The predicted molar refractivity (Wildman–Crippen MR) is 109 cm³/mol. The number of rotatable bonds is 4. The number of hydrogen-bond donors (Lipinski definition) is 3. The van der Waals surface area contributed by atoms with Crippen LogP contribution in [-0.4, -0.2) is 37.9 Å². The molecule has 2 aromatic heterocycles. The molecule has 3 heterocycles. The Morgan fingerprint density at radius 1 is 1.03 bits per heavy atom. The number of benzene rings is 1. The number of pyridine rings is 1. The number of amides is 4. The zero-order chi connectivity index (χ0) is 20.9. The fourth-order valence-corrected chi connectivity index (χ4v) is 3.03. The van der Waals surface area contributed by atoms with Crippen molar-refractivity contribution in [1.29, 1.82) is 0 Å². The van der Waals surface area contributed by atoms with Gasteiger partial charge in [-0.3, -0.25) is 25.0 Å². The second kappa shape index (κ2) is 8.39. The van der Waals surface area contributed by atoms with E-state index in [9.17, 15) is 14.4 Å². The maximum absolute atomic E-state index is 12.4. The fourth-order valence-electron chi connectivity index (χ4n) is 3.03. The van der Waals surface area contributed by atoms with Crippen LogP contribution in [-0.2, 0) is 17.9 Å². The van der Waals surface area contributed by atoms with Crippen molar-refractivity contribution < 1.29 is 14.4 Å². The number of aromatic nitrogens is 3. The van der Waals surface area contributed by atoms with Gasteiger partial charge in [0.05, 0.1) is 18.8 Å². The quantitative estimate of drug-likeness (QED) is 0.579. The lowest BCUT2D eigenvalue weighted by Gasteiger charge is -2.16. The number of fused-ring (bicyclic) bond motifs is 1. The monoisotopic (exact) mass is 402 g/mol. The Kier molecular flexibility index (Phi) is 5.33. The zero-order valence-corrected chi connectivity index (χ0v) is 15.8. The standard InChI is InChI=1S/C21H18N6O3/c28-18(7-6-14-8-10-22-11-9-14)23-19-16-12-27(13-17(16)25-26-19)21(30)24-20(29)15-4-2-1-3-5-15/h1-11H,12-13H2,(H,24,29,30)(H2,23,25,26,28)/b7-6+. The summed E-state index contributed by atoms with van der Waals surface area (Å²) in [6, 6.07) is 11.6. The number of nitrogens with one attached hydrogen (secondary N) is 3. The van der Waals surface area contributed by atoms with Gasteiger partial charge < -0.3 is 10.2 Å². The van der Waals surface area contributed by atoms with Crippen LogP contribution in [0.5, 0.6) is 0 Å². The summed E-state index contributed by atoms with van der Waals surface area (Å²) in [5.41, 5.74) is 2.67. The second-order valence-electron chi connectivity index (χ2n) is 6.61. The lowest BCUT2D eigenvalue weighted by Crippen LogP contribution is -2.40. The summed E-state index contributed by atoms with van der Waals surface area (Å²) in [5.74, 6) is -0.452. The molecule has 0 bridgehead atoms. The summed E-state index contributed by atoms with van der Waals surface area (Å²) in [7, 11) is 0. The van der Waals surface area contributed by atoms with Crippen molar-refractivity contribution in [3.05, 3.63) is 83.3 Å². The number of hydrogen-bond acceptors (Lipinski definition) is 5. The van der Waals surface area contributed by atoms with E-state index in [2.05, 4.69) is 25.8 Å². The van der Waals surface area contributed by atoms with E-state index in [1.165, 1.54) is 11.0 Å². The van der Waals surface area contributed by atoms with E-state index < -0.39 is 11.9 Å². The molecule has 9 heteroatoms. The molecule has 150 valence electrons. The van der Waals surface area contributed by atoms with Crippen molar-refractivity contribution in [2.75, 3.05) is 5.32 Å². The van der Waals surface area contributed by atoms with Crippen LogP contribution in [0.2, 0.25) is 0 Å². The summed E-state index contributed by atoms with van der Waals surface area (Å²) in [4.78, 5) is 42.2. The molecule has 0 unspecified atom stereocenters. The summed E-state index contributed by atoms with van der Waals surface area (Å²) in [5, 5.41) is 12.0.